The molecule has 0 saturated heterocycles. The lowest BCUT2D eigenvalue weighted by molar-refractivity contribution is -0.141. The number of carboxylic acids is 1. The molecular weight excluding hydrogens is 508 g/mol. The topological polar surface area (TPSA) is 78.4 Å². The van der Waals surface area contributed by atoms with Crippen molar-refractivity contribution in [1.82, 2.24) is 0 Å². The summed E-state index contributed by atoms with van der Waals surface area (Å²) >= 11 is 5.94. The number of anilines is 2. The summed E-state index contributed by atoms with van der Waals surface area (Å²) < 4.78 is 0. The Balaban J connectivity index is 1.37. The Morgan fingerprint density at radius 1 is 0.846 bits per heavy atom. The van der Waals surface area contributed by atoms with Crippen LogP contribution in [-0.2, 0) is 11.2 Å². The van der Waals surface area contributed by atoms with E-state index in [1.54, 1.807) is 6.07 Å². The number of halogens is 1. The number of aryl methyl sites for hydroxylation is 2. The summed E-state index contributed by atoms with van der Waals surface area (Å²) in [6, 6.07) is 30.7. The van der Waals surface area contributed by atoms with E-state index in [-0.39, 0.29) is 12.2 Å². The molecule has 1 unspecified atom stereocenters. The summed E-state index contributed by atoms with van der Waals surface area (Å²) in [7, 11) is 0. The molecule has 5 nitrogen and oxygen atoms in total. The predicted molar refractivity (Wildman–Crippen MR) is 159 cm³/mol. The molecule has 0 aliphatic carbocycles. The van der Waals surface area contributed by atoms with E-state index in [0.29, 0.717) is 29.2 Å². The molecule has 0 fully saturated rings. The van der Waals surface area contributed by atoms with Crippen LogP contribution in [0.4, 0.5) is 11.4 Å². The Morgan fingerprint density at radius 2 is 1.44 bits per heavy atom. The smallest absolute Gasteiger partial charge is 0.306 e. The normalized spacial score (nSPS) is 11.4. The number of Topliss-reactive ketones (excluding diaryl/α,β-unsaturated/α-hetero) is 1. The van der Waals surface area contributed by atoms with Crippen LogP contribution < -0.4 is 10.6 Å². The molecule has 4 aromatic carbocycles. The van der Waals surface area contributed by atoms with Gasteiger partial charge < -0.3 is 15.7 Å². The van der Waals surface area contributed by atoms with Crippen molar-refractivity contribution < 1.29 is 14.7 Å². The van der Waals surface area contributed by atoms with Crippen molar-refractivity contribution in [2.24, 2.45) is 5.92 Å². The summed E-state index contributed by atoms with van der Waals surface area (Å²) in [6.45, 7) is 5.91. The largest absolute Gasteiger partial charge is 0.481 e. The summed E-state index contributed by atoms with van der Waals surface area (Å²) in [5.74, 6) is -1.17. The third-order valence-corrected chi connectivity index (χ3v) is 6.84. The Bertz CT molecular complexity index is 1450. The van der Waals surface area contributed by atoms with Gasteiger partial charge in [0.1, 0.15) is 5.82 Å². The van der Waals surface area contributed by atoms with E-state index < -0.39 is 11.9 Å². The molecule has 0 amide bonds. The van der Waals surface area contributed by atoms with E-state index in [0.717, 1.165) is 33.6 Å². The van der Waals surface area contributed by atoms with Gasteiger partial charge in [0.15, 0.2) is 5.78 Å². The molecule has 0 aliphatic rings. The van der Waals surface area contributed by atoms with Gasteiger partial charge in [0.05, 0.1) is 5.92 Å². The van der Waals surface area contributed by atoms with Crippen LogP contribution in [0.25, 0.3) is 11.1 Å². The van der Waals surface area contributed by atoms with Gasteiger partial charge in [-0.15, -0.1) is 0 Å². The van der Waals surface area contributed by atoms with Crippen molar-refractivity contribution in [2.75, 3.05) is 10.6 Å². The van der Waals surface area contributed by atoms with Gasteiger partial charge >= 0.3 is 5.97 Å². The number of nitrogens with one attached hydrogen (secondary N) is 2. The Hall–Kier alpha value is -4.35. The Labute approximate surface area is 234 Å². The summed E-state index contributed by atoms with van der Waals surface area (Å²) in [4.78, 5) is 24.9. The first-order valence-electron chi connectivity index (χ1n) is 12.8. The average molecular weight is 539 g/mol. The lowest BCUT2D eigenvalue weighted by atomic mass is 9.90. The van der Waals surface area contributed by atoms with Crippen LogP contribution in [0.3, 0.4) is 0 Å². The number of carbonyl (C=O) groups excluding carboxylic acids is 1. The molecule has 39 heavy (non-hydrogen) atoms. The molecule has 0 spiro atoms. The lowest BCUT2D eigenvalue weighted by Crippen LogP contribution is -2.19. The fourth-order valence-electron chi connectivity index (χ4n) is 4.45. The highest BCUT2D eigenvalue weighted by Gasteiger charge is 2.23. The minimum atomic E-state index is -0.937. The van der Waals surface area contributed by atoms with Crippen molar-refractivity contribution >= 4 is 34.7 Å². The van der Waals surface area contributed by atoms with E-state index in [1.807, 2.05) is 97.9 Å². The highest BCUT2D eigenvalue weighted by molar-refractivity contribution is 6.30. The van der Waals surface area contributed by atoms with Crippen LogP contribution in [0.2, 0.25) is 5.02 Å². The fourth-order valence-corrected chi connectivity index (χ4v) is 4.57. The van der Waals surface area contributed by atoms with E-state index in [4.69, 9.17) is 11.6 Å². The Morgan fingerprint density at radius 3 is 2.03 bits per heavy atom. The second-order valence-corrected chi connectivity index (χ2v) is 9.97. The minimum absolute atomic E-state index is 0.0172. The van der Waals surface area contributed by atoms with Gasteiger partial charge in [-0.05, 0) is 78.4 Å². The highest BCUT2D eigenvalue weighted by atomic mass is 35.5. The molecule has 198 valence electrons. The van der Waals surface area contributed by atoms with Crippen molar-refractivity contribution in [3.05, 3.63) is 131 Å². The van der Waals surface area contributed by atoms with E-state index in [2.05, 4.69) is 17.2 Å². The summed E-state index contributed by atoms with van der Waals surface area (Å²) in [5.41, 5.74) is 6.20. The molecule has 3 N–H and O–H groups in total. The molecule has 4 aromatic rings. The molecule has 0 bridgehead atoms. The maximum absolute atomic E-state index is 13.0. The first-order valence-corrected chi connectivity index (χ1v) is 13.2. The van der Waals surface area contributed by atoms with E-state index >= 15 is 0 Å². The van der Waals surface area contributed by atoms with Crippen LogP contribution in [0, 0.1) is 12.8 Å². The quantitative estimate of drug-likeness (QED) is 0.158. The van der Waals surface area contributed by atoms with Crippen LogP contribution in [0.15, 0.2) is 109 Å². The molecular formula is C33H31ClN2O3. The van der Waals surface area contributed by atoms with Gasteiger partial charge in [0.25, 0.3) is 0 Å². The standard InChI is InChI=1S/C33H31ClN2O3/c1-22-20-26(25-10-15-29(16-11-25)35-23(2)36-30-17-13-28(34)14-18-30)12-19-31(22)32(37)21-27(33(38)39)9-8-24-6-4-3-5-7-24/h3-7,10-20,27,35-36H,2,8-9,21H2,1H3,(H,38,39). The fraction of sp³-hybridized carbons (Fsp3) is 0.152. The van der Waals surface area contributed by atoms with Crippen LogP contribution in [0.1, 0.15) is 34.3 Å². The van der Waals surface area contributed by atoms with Gasteiger partial charge in [-0.2, -0.15) is 0 Å². The molecule has 0 radical (unpaired) electrons. The number of aliphatic carboxylic acids is 1. The zero-order chi connectivity index (χ0) is 27.8. The minimum Gasteiger partial charge on any atom is -0.481 e. The van der Waals surface area contributed by atoms with Gasteiger partial charge in [-0.1, -0.05) is 78.8 Å². The number of benzene rings is 4. The van der Waals surface area contributed by atoms with E-state index in [9.17, 15) is 14.7 Å². The monoisotopic (exact) mass is 538 g/mol. The summed E-state index contributed by atoms with van der Waals surface area (Å²) in [6.07, 6.45) is 1.03. The molecule has 0 heterocycles. The third-order valence-electron chi connectivity index (χ3n) is 6.59. The second kappa shape index (κ2) is 12.9. The van der Waals surface area contributed by atoms with Gasteiger partial charge in [0, 0.05) is 28.4 Å². The molecule has 1 atom stereocenters. The number of hydrogen-bond acceptors (Lipinski definition) is 4. The zero-order valence-corrected chi connectivity index (χ0v) is 22.5. The van der Waals surface area contributed by atoms with Crippen molar-refractivity contribution in [1.29, 1.82) is 0 Å². The first kappa shape index (κ1) is 27.7. The predicted octanol–water partition coefficient (Wildman–Crippen LogP) is 8.22. The SMILES string of the molecule is C=C(Nc1ccc(Cl)cc1)Nc1ccc(-c2ccc(C(=O)CC(CCc3ccccc3)C(=O)O)c(C)c2)cc1. The molecule has 0 aromatic heterocycles. The van der Waals surface area contributed by atoms with Gasteiger partial charge in [-0.25, -0.2) is 0 Å². The number of hydrogen-bond donors (Lipinski definition) is 3. The number of carboxylic acid groups (broad SMARTS) is 1. The maximum Gasteiger partial charge on any atom is 0.306 e. The number of carbonyl (C=O) groups is 2. The summed E-state index contributed by atoms with van der Waals surface area (Å²) in [5, 5.41) is 16.8. The molecule has 0 saturated carbocycles. The van der Waals surface area contributed by atoms with Crippen molar-refractivity contribution in [3.63, 3.8) is 0 Å². The lowest BCUT2D eigenvalue weighted by Gasteiger charge is -2.14. The highest BCUT2D eigenvalue weighted by Crippen LogP contribution is 2.26. The van der Waals surface area contributed by atoms with Gasteiger partial charge in [-0.3, -0.25) is 9.59 Å². The molecule has 6 heteroatoms. The average Bonchev–Trinajstić information content (AvgIpc) is 2.93. The van der Waals surface area contributed by atoms with Crippen LogP contribution in [0.5, 0.6) is 0 Å². The van der Waals surface area contributed by atoms with Crippen molar-refractivity contribution in [3.8, 4) is 11.1 Å². The first-order chi connectivity index (χ1) is 18.8. The van der Waals surface area contributed by atoms with Crippen LogP contribution >= 0.6 is 11.6 Å². The van der Waals surface area contributed by atoms with Crippen LogP contribution in [-0.4, -0.2) is 16.9 Å². The van der Waals surface area contributed by atoms with Crippen molar-refractivity contribution in [2.45, 2.75) is 26.2 Å². The third kappa shape index (κ3) is 7.82. The number of rotatable bonds is 12. The van der Waals surface area contributed by atoms with E-state index in [1.165, 1.54) is 0 Å². The maximum atomic E-state index is 13.0. The molecule has 4 rings (SSSR count). The number of ketones is 1. The zero-order valence-electron chi connectivity index (χ0n) is 21.8. The van der Waals surface area contributed by atoms with Gasteiger partial charge in [0.2, 0.25) is 0 Å². The second-order valence-electron chi connectivity index (χ2n) is 9.53. The Kier molecular flexibility index (Phi) is 9.18. The molecule has 0 aliphatic heterocycles.